The van der Waals surface area contributed by atoms with E-state index in [0.717, 1.165) is 16.6 Å². The molecule has 86 valence electrons. The number of fused-ring (bicyclic) bond motifs is 1. The molecule has 4 nitrogen and oxygen atoms in total. The van der Waals surface area contributed by atoms with Crippen LogP contribution < -0.4 is 0 Å². The van der Waals surface area contributed by atoms with Crippen LogP contribution in [0.5, 0.6) is 0 Å². The highest BCUT2D eigenvalue weighted by atomic mass is 31.2. The minimum absolute atomic E-state index is 0.259. The number of hydrogen-bond acceptors (Lipinski definition) is 3. The van der Waals surface area contributed by atoms with Crippen molar-refractivity contribution in [3.8, 4) is 0 Å². The Kier molecular flexibility index (Phi) is 3.15. The molecule has 0 radical (unpaired) electrons. The van der Waals surface area contributed by atoms with E-state index in [9.17, 15) is 4.57 Å². The number of aromatic amines is 1. The zero-order valence-electron chi connectivity index (χ0n) is 9.27. The van der Waals surface area contributed by atoms with Gasteiger partial charge in [0, 0.05) is 25.4 Å². The van der Waals surface area contributed by atoms with E-state index in [4.69, 9.17) is 9.05 Å². The molecule has 1 heterocycles. The van der Waals surface area contributed by atoms with Crippen LogP contribution >= 0.6 is 7.60 Å². The van der Waals surface area contributed by atoms with Gasteiger partial charge < -0.3 is 14.0 Å². The highest BCUT2D eigenvalue weighted by molar-refractivity contribution is 7.52. The second-order valence-corrected chi connectivity index (χ2v) is 5.78. The van der Waals surface area contributed by atoms with Gasteiger partial charge in [0.1, 0.15) is 0 Å². The first-order valence-electron chi connectivity index (χ1n) is 4.94. The Balaban J connectivity index is 2.31. The summed E-state index contributed by atoms with van der Waals surface area (Å²) in [6, 6.07) is 9.85. The molecule has 2 aromatic rings. The summed E-state index contributed by atoms with van der Waals surface area (Å²) in [6.07, 6.45) is 0.259. The standard InChI is InChI=1S/C11H14NO3P/c1-14-16(13,15-2)8-10-7-9-5-3-4-6-11(9)12-10/h3-7,12H,8H2,1-2H3. The van der Waals surface area contributed by atoms with Crippen molar-refractivity contribution in [3.05, 3.63) is 36.0 Å². The van der Waals surface area contributed by atoms with Gasteiger partial charge in [-0.3, -0.25) is 4.57 Å². The maximum absolute atomic E-state index is 11.9. The average molecular weight is 239 g/mol. The largest absolute Gasteiger partial charge is 0.358 e. The zero-order chi connectivity index (χ0) is 11.6. The summed E-state index contributed by atoms with van der Waals surface area (Å²) in [5.41, 5.74) is 1.88. The molecule has 5 heteroatoms. The van der Waals surface area contributed by atoms with E-state index in [1.165, 1.54) is 14.2 Å². The topological polar surface area (TPSA) is 51.3 Å². The Morgan fingerprint density at radius 2 is 1.94 bits per heavy atom. The fourth-order valence-electron chi connectivity index (χ4n) is 1.63. The maximum Gasteiger partial charge on any atom is 0.335 e. The first-order chi connectivity index (χ1) is 7.67. The molecule has 0 saturated carbocycles. The van der Waals surface area contributed by atoms with E-state index in [1.807, 2.05) is 30.3 Å². The SMILES string of the molecule is COP(=O)(Cc1cc2ccccc2[nH]1)OC. The highest BCUT2D eigenvalue weighted by Gasteiger charge is 2.22. The molecule has 0 saturated heterocycles. The normalized spacial score (nSPS) is 12.1. The van der Waals surface area contributed by atoms with Crippen molar-refractivity contribution in [2.75, 3.05) is 14.2 Å². The molecule has 1 aromatic heterocycles. The summed E-state index contributed by atoms with van der Waals surface area (Å²) < 4.78 is 21.7. The van der Waals surface area contributed by atoms with Gasteiger partial charge >= 0.3 is 7.60 Å². The van der Waals surface area contributed by atoms with Crippen LogP contribution in [0.4, 0.5) is 0 Å². The summed E-state index contributed by atoms with van der Waals surface area (Å²) in [7, 11) is -0.198. The van der Waals surface area contributed by atoms with Crippen LogP contribution in [0.3, 0.4) is 0 Å². The fraction of sp³-hybridized carbons (Fsp3) is 0.273. The van der Waals surface area contributed by atoms with Gasteiger partial charge in [-0.05, 0) is 17.5 Å². The van der Waals surface area contributed by atoms with Crippen LogP contribution in [0.1, 0.15) is 5.69 Å². The number of hydrogen-bond donors (Lipinski definition) is 1. The van der Waals surface area contributed by atoms with Gasteiger partial charge in [0.15, 0.2) is 0 Å². The third kappa shape index (κ3) is 2.19. The van der Waals surface area contributed by atoms with E-state index in [2.05, 4.69) is 4.98 Å². The lowest BCUT2D eigenvalue weighted by atomic mass is 10.2. The molecule has 0 aliphatic heterocycles. The van der Waals surface area contributed by atoms with Gasteiger partial charge in [0.05, 0.1) is 6.16 Å². The van der Waals surface area contributed by atoms with E-state index < -0.39 is 7.60 Å². The summed E-state index contributed by atoms with van der Waals surface area (Å²) in [5, 5.41) is 1.09. The lowest BCUT2D eigenvalue weighted by Gasteiger charge is -2.11. The second kappa shape index (κ2) is 4.42. The van der Waals surface area contributed by atoms with Crippen molar-refractivity contribution >= 4 is 18.5 Å². The molecular formula is C11H14NO3P. The van der Waals surface area contributed by atoms with Crippen molar-refractivity contribution in [1.82, 2.24) is 4.98 Å². The number of rotatable bonds is 4. The molecule has 0 spiro atoms. The molecule has 0 fully saturated rings. The van der Waals surface area contributed by atoms with Gasteiger partial charge in [-0.1, -0.05) is 18.2 Å². The highest BCUT2D eigenvalue weighted by Crippen LogP contribution is 2.49. The van der Waals surface area contributed by atoms with Crippen LogP contribution in [0.25, 0.3) is 10.9 Å². The maximum atomic E-state index is 11.9. The van der Waals surface area contributed by atoms with Crippen LogP contribution in [0.15, 0.2) is 30.3 Å². The van der Waals surface area contributed by atoms with E-state index in [1.54, 1.807) is 0 Å². The summed E-state index contributed by atoms with van der Waals surface area (Å²) in [4.78, 5) is 3.19. The van der Waals surface area contributed by atoms with Gasteiger partial charge in [0.25, 0.3) is 0 Å². The van der Waals surface area contributed by atoms with Crippen LogP contribution in [-0.2, 0) is 19.8 Å². The molecule has 1 N–H and O–H groups in total. The number of nitrogens with one attached hydrogen (secondary N) is 1. The van der Waals surface area contributed by atoms with Gasteiger partial charge in [-0.15, -0.1) is 0 Å². The van der Waals surface area contributed by atoms with Crippen molar-refractivity contribution in [3.63, 3.8) is 0 Å². The van der Waals surface area contributed by atoms with Gasteiger partial charge in [-0.25, -0.2) is 0 Å². The van der Waals surface area contributed by atoms with Crippen molar-refractivity contribution < 1.29 is 13.6 Å². The van der Waals surface area contributed by atoms with E-state index >= 15 is 0 Å². The minimum Gasteiger partial charge on any atom is -0.358 e. The number of benzene rings is 1. The number of aromatic nitrogens is 1. The molecular weight excluding hydrogens is 225 g/mol. The predicted octanol–water partition coefficient (Wildman–Crippen LogP) is 3.15. The van der Waals surface area contributed by atoms with Gasteiger partial charge in [-0.2, -0.15) is 0 Å². The monoisotopic (exact) mass is 239 g/mol. The Labute approximate surface area is 94.1 Å². The molecule has 0 atom stereocenters. The van der Waals surface area contributed by atoms with E-state index in [0.29, 0.717) is 0 Å². The summed E-state index contributed by atoms with van der Waals surface area (Å²) in [6.45, 7) is 0. The first kappa shape index (κ1) is 11.4. The number of H-pyrrole nitrogens is 1. The third-order valence-electron chi connectivity index (χ3n) is 2.51. The molecule has 0 aliphatic rings. The first-order valence-corrected chi connectivity index (χ1v) is 6.67. The van der Waals surface area contributed by atoms with Crippen molar-refractivity contribution in [2.24, 2.45) is 0 Å². The molecule has 16 heavy (non-hydrogen) atoms. The Hall–Kier alpha value is -1.09. The quantitative estimate of drug-likeness (QED) is 0.834. The Morgan fingerprint density at radius 3 is 2.56 bits per heavy atom. The van der Waals surface area contributed by atoms with E-state index in [-0.39, 0.29) is 6.16 Å². The second-order valence-electron chi connectivity index (χ2n) is 3.52. The van der Waals surface area contributed by atoms with Gasteiger partial charge in [0.2, 0.25) is 0 Å². The smallest absolute Gasteiger partial charge is 0.335 e. The molecule has 0 amide bonds. The molecule has 2 rings (SSSR count). The minimum atomic E-state index is -2.99. The zero-order valence-corrected chi connectivity index (χ0v) is 10.2. The average Bonchev–Trinajstić information content (AvgIpc) is 2.70. The molecule has 0 bridgehead atoms. The fourth-order valence-corrected chi connectivity index (χ4v) is 2.63. The number of para-hydroxylation sites is 1. The molecule has 0 aliphatic carbocycles. The Bertz CT molecular complexity index is 494. The van der Waals surface area contributed by atoms with Crippen molar-refractivity contribution in [1.29, 1.82) is 0 Å². The predicted molar refractivity (Wildman–Crippen MR) is 63.6 cm³/mol. The lowest BCUT2D eigenvalue weighted by Crippen LogP contribution is -1.93. The Morgan fingerprint density at radius 1 is 1.25 bits per heavy atom. The van der Waals surface area contributed by atoms with Crippen molar-refractivity contribution in [2.45, 2.75) is 6.16 Å². The summed E-state index contributed by atoms with van der Waals surface area (Å²) in [5.74, 6) is 0. The lowest BCUT2D eigenvalue weighted by molar-refractivity contribution is 0.274. The molecule has 0 unspecified atom stereocenters. The molecule has 1 aromatic carbocycles. The van der Waals surface area contributed by atoms with Crippen LogP contribution in [0.2, 0.25) is 0 Å². The third-order valence-corrected chi connectivity index (χ3v) is 4.35. The van der Waals surface area contributed by atoms with Crippen LogP contribution in [0, 0.1) is 0 Å². The summed E-state index contributed by atoms with van der Waals surface area (Å²) >= 11 is 0. The van der Waals surface area contributed by atoms with Crippen LogP contribution in [-0.4, -0.2) is 19.2 Å².